The average molecular weight is 578 g/mol. The summed E-state index contributed by atoms with van der Waals surface area (Å²) in [5.74, 6) is 1.20. The molecule has 1 saturated heterocycles. The highest BCUT2D eigenvalue weighted by molar-refractivity contribution is 7.92. The molecule has 2 aliphatic heterocycles. The fourth-order valence-electron chi connectivity index (χ4n) is 5.48. The van der Waals surface area contributed by atoms with Gasteiger partial charge in [-0.25, -0.2) is 13.2 Å². The number of aryl methyl sites for hydroxylation is 3. The number of nitrogens with two attached hydrogens (primary N) is 1. The summed E-state index contributed by atoms with van der Waals surface area (Å²) in [4.78, 5) is 30.7. The van der Waals surface area contributed by atoms with E-state index < -0.39 is 21.6 Å². The highest BCUT2D eigenvalue weighted by atomic mass is 32.2. The van der Waals surface area contributed by atoms with Crippen LogP contribution in [0, 0.1) is 13.8 Å². The number of primary amides is 1. The molecular weight excluding hydrogens is 542 g/mol. The van der Waals surface area contributed by atoms with E-state index in [0.29, 0.717) is 11.5 Å². The zero-order chi connectivity index (χ0) is 29.5. The number of hydrogen-bond donors (Lipinski definition) is 2. The van der Waals surface area contributed by atoms with Crippen molar-refractivity contribution in [1.82, 2.24) is 9.62 Å². The van der Waals surface area contributed by atoms with Crippen molar-refractivity contribution in [3.05, 3.63) is 69.8 Å². The first-order valence-electron chi connectivity index (χ1n) is 13.7. The Morgan fingerprint density at radius 2 is 1.85 bits per heavy atom. The lowest BCUT2D eigenvalue weighted by atomic mass is 9.89. The van der Waals surface area contributed by atoms with Gasteiger partial charge in [0.25, 0.3) is 5.91 Å². The Balaban J connectivity index is 1.30. The van der Waals surface area contributed by atoms with E-state index in [0.717, 1.165) is 51.8 Å². The number of nitrogens with one attached hydrogen (secondary N) is 1. The molecular formula is C30H35N5O5S. The number of furan rings is 1. The van der Waals surface area contributed by atoms with Crippen LogP contribution in [0.4, 0.5) is 10.5 Å². The summed E-state index contributed by atoms with van der Waals surface area (Å²) in [6.45, 7) is 6.15. The Bertz CT molecular complexity index is 1670. The maximum atomic E-state index is 13.2. The summed E-state index contributed by atoms with van der Waals surface area (Å²) in [5, 5.41) is 5.12. The van der Waals surface area contributed by atoms with E-state index >= 15 is 0 Å². The first kappa shape index (κ1) is 28.6. The fourth-order valence-corrected chi connectivity index (χ4v) is 6.65. The summed E-state index contributed by atoms with van der Waals surface area (Å²) >= 11 is 0. The first-order chi connectivity index (χ1) is 19.4. The van der Waals surface area contributed by atoms with Gasteiger partial charge < -0.3 is 15.5 Å². The number of rotatable bonds is 7. The standard InChI is InChI=1S/C30H35N5O5S/c1-5-6-24-17-21-7-8-22(18-26(21)40-24)27-32-28(36)30(33-27)10-12-35(13-11-30)41(38,39)14-9-25-19(2)15-23(16-20(25)3)34(4)29(31)37/h7-9,14-18H,5-6,10-13H2,1-4H3,(H2,31,37)(H,32,33,36). The predicted octanol–water partition coefficient (Wildman–Crippen LogP) is 4.23. The van der Waals surface area contributed by atoms with Gasteiger partial charge in [-0.05, 0) is 80.1 Å². The quantitative estimate of drug-likeness (QED) is 0.433. The highest BCUT2D eigenvalue weighted by Crippen LogP contribution is 2.33. The highest BCUT2D eigenvalue weighted by Gasteiger charge is 2.47. The van der Waals surface area contributed by atoms with Crippen LogP contribution in [0.3, 0.4) is 0 Å². The second kappa shape index (κ2) is 10.8. The van der Waals surface area contributed by atoms with Crippen molar-refractivity contribution in [1.29, 1.82) is 0 Å². The van der Waals surface area contributed by atoms with Crippen LogP contribution in [0.25, 0.3) is 17.0 Å². The minimum Gasteiger partial charge on any atom is -0.461 e. The largest absolute Gasteiger partial charge is 0.461 e. The van der Waals surface area contributed by atoms with Crippen LogP contribution < -0.4 is 16.0 Å². The lowest BCUT2D eigenvalue weighted by Gasteiger charge is -2.34. The van der Waals surface area contributed by atoms with E-state index in [1.54, 1.807) is 25.3 Å². The third-order valence-corrected chi connectivity index (χ3v) is 9.50. The number of piperidine rings is 1. The van der Waals surface area contributed by atoms with E-state index in [2.05, 4.69) is 12.2 Å². The molecule has 0 saturated carbocycles. The smallest absolute Gasteiger partial charge is 0.318 e. The van der Waals surface area contributed by atoms with Crippen LogP contribution in [0.1, 0.15) is 54.2 Å². The molecule has 2 aromatic carbocycles. The summed E-state index contributed by atoms with van der Waals surface area (Å²) in [5.41, 5.74) is 8.91. The molecule has 41 heavy (non-hydrogen) atoms. The fraction of sp³-hybridized carbons (Fsp3) is 0.367. The normalized spacial score (nSPS) is 17.4. The van der Waals surface area contributed by atoms with Crippen molar-refractivity contribution in [2.45, 2.75) is 52.0 Å². The first-order valence-corrected chi connectivity index (χ1v) is 15.2. The molecule has 216 valence electrons. The number of fused-ring (bicyclic) bond motifs is 1. The number of benzene rings is 2. The average Bonchev–Trinajstić information content (AvgIpc) is 3.47. The molecule has 3 amide bonds. The van der Waals surface area contributed by atoms with Gasteiger partial charge in [-0.1, -0.05) is 19.1 Å². The molecule has 2 aliphatic rings. The molecule has 0 unspecified atom stereocenters. The Hall–Kier alpha value is -3.96. The number of sulfonamides is 1. The summed E-state index contributed by atoms with van der Waals surface area (Å²) in [6.07, 6.45) is 3.99. The molecule has 0 atom stereocenters. The lowest BCUT2D eigenvalue weighted by Crippen LogP contribution is -2.50. The minimum atomic E-state index is -3.74. The van der Waals surface area contributed by atoms with Crippen LogP contribution in [0.2, 0.25) is 0 Å². The SMILES string of the molecule is CCCc1cc2ccc(C3=NC4(CCN(S(=O)(=O)C=Cc5c(C)cc(N(C)C(N)=O)cc5C)CC4)C(=O)N3)cc2o1. The molecule has 11 heteroatoms. The number of amidine groups is 1. The Morgan fingerprint density at radius 3 is 2.49 bits per heavy atom. The summed E-state index contributed by atoms with van der Waals surface area (Å²) in [6, 6.07) is 10.8. The van der Waals surface area contributed by atoms with E-state index in [1.807, 2.05) is 38.1 Å². The third-order valence-electron chi connectivity index (χ3n) is 7.93. The molecule has 3 heterocycles. The van der Waals surface area contributed by atoms with Gasteiger partial charge in [0.15, 0.2) is 0 Å². The molecule has 1 fully saturated rings. The number of carbonyl (C=O) groups excluding carboxylic acids is 2. The molecule has 5 rings (SSSR count). The summed E-state index contributed by atoms with van der Waals surface area (Å²) in [7, 11) is -2.15. The number of urea groups is 1. The van der Waals surface area contributed by atoms with Crippen LogP contribution in [-0.4, -0.2) is 56.2 Å². The predicted molar refractivity (Wildman–Crippen MR) is 160 cm³/mol. The Kier molecular flexibility index (Phi) is 7.52. The minimum absolute atomic E-state index is 0.175. The molecule has 1 spiro atoms. The van der Waals surface area contributed by atoms with Crippen molar-refractivity contribution in [3.63, 3.8) is 0 Å². The van der Waals surface area contributed by atoms with Crippen LogP contribution in [0.15, 0.2) is 51.2 Å². The van der Waals surface area contributed by atoms with E-state index in [-0.39, 0.29) is 31.8 Å². The van der Waals surface area contributed by atoms with Crippen molar-refractivity contribution in [2.24, 2.45) is 10.7 Å². The molecule has 1 aromatic heterocycles. The second-order valence-corrected chi connectivity index (χ2v) is 12.6. The third kappa shape index (κ3) is 5.51. The molecule has 0 radical (unpaired) electrons. The van der Waals surface area contributed by atoms with Crippen LogP contribution in [0.5, 0.6) is 0 Å². The number of aliphatic imine (C=N–C) groups is 1. The molecule has 10 nitrogen and oxygen atoms in total. The number of carbonyl (C=O) groups is 2. The van der Waals surface area contributed by atoms with Gasteiger partial charge in [-0.15, -0.1) is 0 Å². The number of amides is 3. The van der Waals surface area contributed by atoms with Gasteiger partial charge in [0.05, 0.1) is 0 Å². The number of hydrogen-bond acceptors (Lipinski definition) is 6. The molecule has 3 aromatic rings. The second-order valence-electron chi connectivity index (χ2n) is 10.8. The Labute approximate surface area is 239 Å². The van der Waals surface area contributed by atoms with Gasteiger partial charge in [-0.3, -0.25) is 14.7 Å². The van der Waals surface area contributed by atoms with Gasteiger partial charge in [0.2, 0.25) is 10.0 Å². The summed E-state index contributed by atoms with van der Waals surface area (Å²) < 4.78 is 33.8. The topological polar surface area (TPSA) is 138 Å². The number of nitrogens with zero attached hydrogens (tertiary/aromatic N) is 3. The van der Waals surface area contributed by atoms with Gasteiger partial charge in [-0.2, -0.15) is 4.31 Å². The van der Waals surface area contributed by atoms with Crippen molar-refractivity contribution in [3.8, 4) is 0 Å². The van der Waals surface area contributed by atoms with Crippen molar-refractivity contribution < 1.29 is 22.4 Å². The molecule has 0 aliphatic carbocycles. The van der Waals surface area contributed by atoms with E-state index in [4.69, 9.17) is 15.1 Å². The van der Waals surface area contributed by atoms with Gasteiger partial charge in [0.1, 0.15) is 22.7 Å². The van der Waals surface area contributed by atoms with Crippen molar-refractivity contribution in [2.75, 3.05) is 25.0 Å². The number of anilines is 1. The van der Waals surface area contributed by atoms with Crippen LogP contribution in [-0.2, 0) is 21.2 Å². The van der Waals surface area contributed by atoms with Crippen LogP contribution >= 0.6 is 0 Å². The van der Waals surface area contributed by atoms with Gasteiger partial charge >= 0.3 is 6.03 Å². The maximum absolute atomic E-state index is 13.2. The Morgan fingerprint density at radius 1 is 1.17 bits per heavy atom. The van der Waals surface area contributed by atoms with Gasteiger partial charge in [0, 0.05) is 48.6 Å². The van der Waals surface area contributed by atoms with E-state index in [9.17, 15) is 18.0 Å². The molecule has 0 bridgehead atoms. The zero-order valence-electron chi connectivity index (χ0n) is 23.7. The monoisotopic (exact) mass is 577 g/mol. The van der Waals surface area contributed by atoms with E-state index in [1.165, 1.54) is 14.6 Å². The maximum Gasteiger partial charge on any atom is 0.318 e. The lowest BCUT2D eigenvalue weighted by molar-refractivity contribution is -0.124. The van der Waals surface area contributed by atoms with Crippen molar-refractivity contribution >= 4 is 50.5 Å². The molecule has 3 N–H and O–H groups in total. The zero-order valence-corrected chi connectivity index (χ0v) is 24.5.